The molecule has 0 radical (unpaired) electrons. The Morgan fingerprint density at radius 3 is 2.69 bits per heavy atom. The number of aliphatic hydroxyl groups excluding tert-OH is 4. The van der Waals surface area contributed by atoms with E-state index in [2.05, 4.69) is 17.2 Å². The first-order chi connectivity index (χ1) is 12.5. The average Bonchev–Trinajstić information content (AvgIpc) is 3.11. The molecule has 0 bridgehead atoms. The molecule has 0 aromatic carbocycles. The van der Waals surface area contributed by atoms with E-state index in [1.807, 2.05) is 0 Å². The van der Waals surface area contributed by atoms with Crippen LogP contribution >= 0.6 is 0 Å². The van der Waals surface area contributed by atoms with E-state index in [4.69, 9.17) is 9.47 Å². The van der Waals surface area contributed by atoms with Crippen LogP contribution in [0.25, 0.3) is 0 Å². The van der Waals surface area contributed by atoms with Gasteiger partial charge >= 0.3 is 5.97 Å². The van der Waals surface area contributed by atoms with Crippen molar-refractivity contribution in [2.45, 2.75) is 76.3 Å². The van der Waals surface area contributed by atoms with Gasteiger partial charge in [-0.2, -0.15) is 0 Å². The molecule has 1 aromatic rings. The number of unbranched alkanes of at least 4 members (excludes halogenated alkanes) is 3. The number of ether oxygens (including phenoxy) is 2. The molecule has 1 aromatic heterocycles. The Hall–Kier alpha value is -1.59. The molecule has 4 N–H and O–H groups in total. The molecule has 26 heavy (non-hydrogen) atoms. The summed E-state index contributed by atoms with van der Waals surface area (Å²) >= 11 is 0. The average molecular weight is 373 g/mol. The van der Waals surface area contributed by atoms with Crippen LogP contribution in [0.1, 0.15) is 50.9 Å². The molecule has 2 rings (SSSR count). The number of rotatable bonds is 9. The minimum atomic E-state index is -1.50. The quantitative estimate of drug-likeness (QED) is 0.325. The van der Waals surface area contributed by atoms with Crippen LogP contribution in [0.4, 0.5) is 0 Å². The summed E-state index contributed by atoms with van der Waals surface area (Å²) in [4.78, 5) is 11.7. The standard InChI is InChI=1S/C16H27N3O7/c1-2-3-4-5-6-12(21)25-9-10-7-19(18-17-10)16-15(24)14(23)13(22)11(8-20)26-16/h7,11,13-16,20,22-24H,2-6,8-9H2,1H3/t11-,13-,14+,15-,16-/m1/s1. The molecule has 2 heterocycles. The van der Waals surface area contributed by atoms with Crippen LogP contribution in [0, 0.1) is 0 Å². The van der Waals surface area contributed by atoms with Gasteiger partial charge in [-0.15, -0.1) is 5.10 Å². The Bertz CT molecular complexity index is 566. The van der Waals surface area contributed by atoms with Crippen LogP contribution in [0.15, 0.2) is 6.20 Å². The Kier molecular flexibility index (Phi) is 7.91. The summed E-state index contributed by atoms with van der Waals surface area (Å²) in [5, 5.41) is 46.5. The number of carbonyl (C=O) groups is 1. The van der Waals surface area contributed by atoms with Crippen molar-refractivity contribution < 1.29 is 34.7 Å². The van der Waals surface area contributed by atoms with Gasteiger partial charge in [0.1, 0.15) is 36.7 Å². The summed E-state index contributed by atoms with van der Waals surface area (Å²) in [6, 6.07) is 0. The summed E-state index contributed by atoms with van der Waals surface area (Å²) < 4.78 is 11.7. The first-order valence-corrected chi connectivity index (χ1v) is 8.84. The summed E-state index contributed by atoms with van der Waals surface area (Å²) in [5.41, 5.74) is 0.351. The van der Waals surface area contributed by atoms with Crippen molar-refractivity contribution in [1.82, 2.24) is 15.0 Å². The highest BCUT2D eigenvalue weighted by molar-refractivity contribution is 5.69. The number of nitrogens with zero attached hydrogens (tertiary/aromatic N) is 3. The van der Waals surface area contributed by atoms with Gasteiger partial charge in [0.15, 0.2) is 6.23 Å². The predicted octanol–water partition coefficient (Wildman–Crippen LogP) is -0.736. The molecular formula is C16H27N3O7. The number of aromatic nitrogens is 3. The molecule has 0 unspecified atom stereocenters. The van der Waals surface area contributed by atoms with Gasteiger partial charge in [-0.25, -0.2) is 4.68 Å². The number of esters is 1. The molecule has 10 nitrogen and oxygen atoms in total. The van der Waals surface area contributed by atoms with Gasteiger partial charge < -0.3 is 29.9 Å². The molecule has 148 valence electrons. The van der Waals surface area contributed by atoms with E-state index in [0.717, 1.165) is 30.4 Å². The maximum absolute atomic E-state index is 11.7. The second kappa shape index (κ2) is 9.93. The highest BCUT2D eigenvalue weighted by Gasteiger charge is 2.44. The van der Waals surface area contributed by atoms with Gasteiger partial charge in [0.05, 0.1) is 12.8 Å². The minimum Gasteiger partial charge on any atom is -0.459 e. The normalized spacial score (nSPS) is 28.9. The highest BCUT2D eigenvalue weighted by Crippen LogP contribution is 2.27. The molecule has 0 amide bonds. The van der Waals surface area contributed by atoms with E-state index in [1.165, 1.54) is 6.20 Å². The zero-order valence-electron chi connectivity index (χ0n) is 14.8. The van der Waals surface area contributed by atoms with Crippen LogP contribution in [0.5, 0.6) is 0 Å². The molecule has 0 spiro atoms. The smallest absolute Gasteiger partial charge is 0.306 e. The second-order valence-corrected chi connectivity index (χ2v) is 6.38. The largest absolute Gasteiger partial charge is 0.459 e. The number of hydrogen-bond acceptors (Lipinski definition) is 9. The van der Waals surface area contributed by atoms with Crippen LogP contribution in [-0.4, -0.2) is 72.4 Å². The third-order valence-electron chi connectivity index (χ3n) is 4.30. The van der Waals surface area contributed by atoms with E-state index >= 15 is 0 Å². The lowest BCUT2D eigenvalue weighted by Gasteiger charge is -2.39. The second-order valence-electron chi connectivity index (χ2n) is 6.38. The molecular weight excluding hydrogens is 346 g/mol. The van der Waals surface area contributed by atoms with Crippen LogP contribution in [0.3, 0.4) is 0 Å². The Morgan fingerprint density at radius 1 is 1.23 bits per heavy atom. The maximum atomic E-state index is 11.7. The zero-order valence-corrected chi connectivity index (χ0v) is 14.8. The topological polar surface area (TPSA) is 147 Å². The van der Waals surface area contributed by atoms with Crippen molar-refractivity contribution in [3.05, 3.63) is 11.9 Å². The number of carbonyl (C=O) groups excluding carboxylic acids is 1. The summed E-state index contributed by atoms with van der Waals surface area (Å²) in [6.45, 7) is 1.50. The summed E-state index contributed by atoms with van der Waals surface area (Å²) in [6.07, 6.45) is -0.854. The van der Waals surface area contributed by atoms with Gasteiger partial charge in [-0.05, 0) is 6.42 Å². The highest BCUT2D eigenvalue weighted by atomic mass is 16.6. The lowest BCUT2D eigenvalue weighted by molar-refractivity contribution is -0.254. The van der Waals surface area contributed by atoms with Crippen molar-refractivity contribution >= 4 is 5.97 Å². The van der Waals surface area contributed by atoms with Crippen LogP contribution in [-0.2, 0) is 20.9 Å². The van der Waals surface area contributed by atoms with E-state index < -0.39 is 37.3 Å². The van der Waals surface area contributed by atoms with Crippen molar-refractivity contribution in [2.24, 2.45) is 0 Å². The Balaban J connectivity index is 1.87. The van der Waals surface area contributed by atoms with Gasteiger partial charge in [0, 0.05) is 6.42 Å². The molecule has 1 aliphatic rings. The first kappa shape index (κ1) is 20.7. The third-order valence-corrected chi connectivity index (χ3v) is 4.30. The van der Waals surface area contributed by atoms with Gasteiger partial charge in [-0.1, -0.05) is 31.4 Å². The SMILES string of the molecule is CCCCCCC(=O)OCc1cn([C@@H]2O[C@H](CO)[C@@H](O)[C@H](O)[C@H]2O)nn1. The molecule has 5 atom stereocenters. The van der Waals surface area contributed by atoms with Gasteiger partial charge in [0.2, 0.25) is 0 Å². The molecule has 10 heteroatoms. The van der Waals surface area contributed by atoms with Crippen LogP contribution in [0.2, 0.25) is 0 Å². The number of hydrogen-bond donors (Lipinski definition) is 4. The lowest BCUT2D eigenvalue weighted by atomic mass is 9.98. The minimum absolute atomic E-state index is 0.0654. The zero-order chi connectivity index (χ0) is 19.1. The van der Waals surface area contributed by atoms with E-state index in [-0.39, 0.29) is 12.6 Å². The first-order valence-electron chi connectivity index (χ1n) is 8.84. The predicted molar refractivity (Wildman–Crippen MR) is 87.6 cm³/mol. The third kappa shape index (κ3) is 5.21. The maximum Gasteiger partial charge on any atom is 0.306 e. The monoisotopic (exact) mass is 373 g/mol. The summed E-state index contributed by atoms with van der Waals surface area (Å²) in [7, 11) is 0. The summed E-state index contributed by atoms with van der Waals surface area (Å²) in [5.74, 6) is -0.316. The fourth-order valence-electron chi connectivity index (χ4n) is 2.73. The fraction of sp³-hybridized carbons (Fsp3) is 0.812. The van der Waals surface area contributed by atoms with Crippen molar-refractivity contribution in [1.29, 1.82) is 0 Å². The molecule has 1 saturated heterocycles. The molecule has 1 aliphatic heterocycles. The Morgan fingerprint density at radius 2 is 2.00 bits per heavy atom. The molecule has 0 saturated carbocycles. The van der Waals surface area contributed by atoms with Gasteiger partial charge in [0.25, 0.3) is 0 Å². The lowest BCUT2D eigenvalue weighted by Crippen LogP contribution is -2.56. The van der Waals surface area contributed by atoms with E-state index in [0.29, 0.717) is 12.1 Å². The Labute approximate surface area is 151 Å². The van der Waals surface area contributed by atoms with E-state index in [9.17, 15) is 25.2 Å². The van der Waals surface area contributed by atoms with Crippen molar-refractivity contribution in [3.63, 3.8) is 0 Å². The van der Waals surface area contributed by atoms with Crippen molar-refractivity contribution in [3.8, 4) is 0 Å². The van der Waals surface area contributed by atoms with Crippen LogP contribution < -0.4 is 0 Å². The molecule has 0 aliphatic carbocycles. The number of aliphatic hydroxyl groups is 4. The van der Waals surface area contributed by atoms with E-state index in [1.54, 1.807) is 0 Å². The van der Waals surface area contributed by atoms with Crippen molar-refractivity contribution in [2.75, 3.05) is 6.61 Å². The fourth-order valence-corrected chi connectivity index (χ4v) is 2.73. The van der Waals surface area contributed by atoms with Gasteiger partial charge in [-0.3, -0.25) is 4.79 Å². The molecule has 1 fully saturated rings.